The van der Waals surface area contributed by atoms with Crippen LogP contribution in [0.1, 0.15) is 24.0 Å². The van der Waals surface area contributed by atoms with E-state index in [9.17, 15) is 14.9 Å². The highest BCUT2D eigenvalue weighted by atomic mass is 16.6. The molecule has 0 amide bonds. The van der Waals surface area contributed by atoms with E-state index in [0.717, 1.165) is 0 Å². The number of carbonyl (C=O) groups excluding carboxylic acids is 1. The van der Waals surface area contributed by atoms with E-state index in [1.165, 1.54) is 12.1 Å². The Kier molecular flexibility index (Phi) is 3.51. The van der Waals surface area contributed by atoms with Gasteiger partial charge in [0.2, 0.25) is 0 Å². The zero-order valence-electron chi connectivity index (χ0n) is 8.21. The smallest absolute Gasteiger partial charge is 0.273 e. The Balaban J connectivity index is 3.39. The summed E-state index contributed by atoms with van der Waals surface area (Å²) in [6, 6.07) is 4.39. The zero-order chi connectivity index (χ0) is 11.4. The average Bonchev–Trinajstić information content (AvgIpc) is 2.26. The fraction of sp³-hybridized carbons (Fsp3) is 0.300. The predicted octanol–water partition coefficient (Wildman–Crippen LogP) is 1.39. The van der Waals surface area contributed by atoms with Crippen LogP contribution in [-0.2, 0) is 11.4 Å². The first-order valence-electron chi connectivity index (χ1n) is 4.44. The summed E-state index contributed by atoms with van der Waals surface area (Å²) in [7, 11) is 0. The van der Waals surface area contributed by atoms with Crippen LogP contribution in [0.3, 0.4) is 0 Å². The number of benzene rings is 1. The molecule has 0 aliphatic rings. The van der Waals surface area contributed by atoms with Crippen molar-refractivity contribution in [1.29, 1.82) is 0 Å². The maximum atomic E-state index is 10.7. The molecule has 0 spiro atoms. The number of aliphatic hydroxyl groups is 1. The first-order chi connectivity index (χ1) is 7.11. The molecule has 5 heteroatoms. The van der Waals surface area contributed by atoms with Gasteiger partial charge in [-0.1, -0.05) is 19.1 Å². The zero-order valence-corrected chi connectivity index (χ0v) is 8.21. The topological polar surface area (TPSA) is 80.4 Å². The number of rotatable bonds is 4. The highest BCUT2D eigenvalue weighted by molar-refractivity contribution is 5.66. The Morgan fingerprint density at radius 2 is 2.27 bits per heavy atom. The number of aldehydes is 1. The van der Waals surface area contributed by atoms with Crippen LogP contribution in [0.15, 0.2) is 18.2 Å². The molecule has 0 radical (unpaired) electrons. The molecule has 0 fully saturated rings. The summed E-state index contributed by atoms with van der Waals surface area (Å²) in [5.41, 5.74) is 0.588. The Bertz CT molecular complexity index is 389. The summed E-state index contributed by atoms with van der Waals surface area (Å²) in [5, 5.41) is 19.7. The Hall–Kier alpha value is -1.75. The fourth-order valence-electron chi connectivity index (χ4n) is 1.49. The van der Waals surface area contributed by atoms with Crippen LogP contribution in [0.4, 0.5) is 5.69 Å². The summed E-state index contributed by atoms with van der Waals surface area (Å²) >= 11 is 0. The molecule has 1 atom stereocenters. The number of nitrogens with zero attached hydrogens (tertiary/aromatic N) is 1. The molecule has 80 valence electrons. The number of aliphatic hydroxyl groups excluding tert-OH is 1. The van der Waals surface area contributed by atoms with Crippen molar-refractivity contribution in [2.75, 3.05) is 0 Å². The molecule has 0 aliphatic carbocycles. The Morgan fingerprint density at radius 1 is 1.60 bits per heavy atom. The lowest BCUT2D eigenvalue weighted by molar-refractivity contribution is -0.385. The van der Waals surface area contributed by atoms with Crippen LogP contribution in [0.25, 0.3) is 0 Å². The van der Waals surface area contributed by atoms with Gasteiger partial charge in [0.15, 0.2) is 0 Å². The van der Waals surface area contributed by atoms with E-state index in [1.54, 1.807) is 13.0 Å². The lowest BCUT2D eigenvalue weighted by Gasteiger charge is -2.09. The minimum atomic E-state index is -0.589. The van der Waals surface area contributed by atoms with E-state index in [2.05, 4.69) is 0 Å². The second-order valence-corrected chi connectivity index (χ2v) is 3.19. The maximum absolute atomic E-state index is 10.7. The van der Waals surface area contributed by atoms with Gasteiger partial charge < -0.3 is 9.90 Å². The molecule has 0 aromatic heterocycles. The van der Waals surface area contributed by atoms with E-state index < -0.39 is 10.8 Å². The average molecular weight is 209 g/mol. The molecule has 5 nitrogen and oxygen atoms in total. The summed E-state index contributed by atoms with van der Waals surface area (Å²) in [4.78, 5) is 20.8. The van der Waals surface area contributed by atoms with Gasteiger partial charge in [0.05, 0.1) is 11.5 Å². The van der Waals surface area contributed by atoms with Crippen LogP contribution >= 0.6 is 0 Å². The van der Waals surface area contributed by atoms with Crippen LogP contribution in [0.2, 0.25) is 0 Å². The van der Waals surface area contributed by atoms with Crippen molar-refractivity contribution < 1.29 is 14.8 Å². The number of nitro groups is 1. The summed E-state index contributed by atoms with van der Waals surface area (Å²) < 4.78 is 0. The van der Waals surface area contributed by atoms with E-state index in [1.807, 2.05) is 0 Å². The van der Waals surface area contributed by atoms with Crippen LogP contribution < -0.4 is 0 Å². The highest BCUT2D eigenvalue weighted by Crippen LogP contribution is 2.28. The van der Waals surface area contributed by atoms with Gasteiger partial charge in [0.25, 0.3) is 5.69 Å². The van der Waals surface area contributed by atoms with Crippen LogP contribution in [0.5, 0.6) is 0 Å². The fourth-order valence-corrected chi connectivity index (χ4v) is 1.49. The molecular formula is C10H11NO4. The minimum Gasteiger partial charge on any atom is -0.392 e. The first kappa shape index (κ1) is 11.3. The van der Waals surface area contributed by atoms with Gasteiger partial charge in [-0.25, -0.2) is 0 Å². The molecule has 1 aromatic rings. The summed E-state index contributed by atoms with van der Waals surface area (Å²) in [6.07, 6.45) is 0.626. The third-order valence-electron chi connectivity index (χ3n) is 2.20. The predicted molar refractivity (Wildman–Crippen MR) is 53.5 cm³/mol. The second-order valence-electron chi connectivity index (χ2n) is 3.19. The highest BCUT2D eigenvalue weighted by Gasteiger charge is 2.21. The quantitative estimate of drug-likeness (QED) is 0.461. The normalized spacial score (nSPS) is 12.1. The number of nitro benzene ring substituents is 1. The first-order valence-corrected chi connectivity index (χ1v) is 4.44. The number of carbonyl (C=O) groups is 1. The molecular weight excluding hydrogens is 198 g/mol. The third kappa shape index (κ3) is 2.19. The lowest BCUT2D eigenvalue weighted by atomic mass is 9.95. The number of hydrogen-bond donors (Lipinski definition) is 1. The van der Waals surface area contributed by atoms with Crippen molar-refractivity contribution >= 4 is 12.0 Å². The summed E-state index contributed by atoms with van der Waals surface area (Å²) in [6.45, 7) is 1.25. The molecule has 1 aromatic carbocycles. The van der Waals surface area contributed by atoms with Crippen molar-refractivity contribution in [3.8, 4) is 0 Å². The molecule has 15 heavy (non-hydrogen) atoms. The second kappa shape index (κ2) is 4.65. The molecule has 0 saturated heterocycles. The molecule has 1 rings (SSSR count). The van der Waals surface area contributed by atoms with E-state index in [4.69, 9.17) is 5.11 Å². The van der Waals surface area contributed by atoms with Crippen molar-refractivity contribution in [1.82, 2.24) is 0 Å². The van der Waals surface area contributed by atoms with Gasteiger partial charge in [-0.3, -0.25) is 10.1 Å². The van der Waals surface area contributed by atoms with E-state index >= 15 is 0 Å². The van der Waals surface area contributed by atoms with E-state index in [0.29, 0.717) is 17.4 Å². The van der Waals surface area contributed by atoms with Gasteiger partial charge in [0.1, 0.15) is 6.29 Å². The monoisotopic (exact) mass is 209 g/mol. The van der Waals surface area contributed by atoms with Gasteiger partial charge >= 0.3 is 0 Å². The molecule has 1 unspecified atom stereocenters. The van der Waals surface area contributed by atoms with Crippen LogP contribution in [0, 0.1) is 10.1 Å². The van der Waals surface area contributed by atoms with Crippen molar-refractivity contribution in [3.63, 3.8) is 0 Å². The molecule has 1 N–H and O–H groups in total. The molecule has 0 aliphatic heterocycles. The third-order valence-corrected chi connectivity index (χ3v) is 2.20. The van der Waals surface area contributed by atoms with Gasteiger partial charge in [-0.2, -0.15) is 0 Å². The van der Waals surface area contributed by atoms with Crippen molar-refractivity contribution in [2.24, 2.45) is 0 Å². The largest absolute Gasteiger partial charge is 0.392 e. The summed E-state index contributed by atoms with van der Waals surface area (Å²) in [5.74, 6) is -0.589. The van der Waals surface area contributed by atoms with Crippen LogP contribution in [-0.4, -0.2) is 16.3 Å². The van der Waals surface area contributed by atoms with Gasteiger partial charge in [0, 0.05) is 17.5 Å². The Morgan fingerprint density at radius 3 is 2.73 bits per heavy atom. The van der Waals surface area contributed by atoms with Crippen molar-refractivity contribution in [3.05, 3.63) is 39.4 Å². The number of hydrogen-bond acceptors (Lipinski definition) is 4. The molecule has 0 bridgehead atoms. The van der Waals surface area contributed by atoms with Gasteiger partial charge in [-0.15, -0.1) is 0 Å². The van der Waals surface area contributed by atoms with E-state index in [-0.39, 0.29) is 12.3 Å². The molecule has 0 saturated carbocycles. The standard InChI is InChI=1S/C10H11NO4/c1-7(5-12)10-8(6-13)3-2-4-9(10)11(14)15/h2-5,7,13H,6H2,1H3. The molecule has 0 heterocycles. The maximum Gasteiger partial charge on any atom is 0.273 e. The minimum absolute atomic E-state index is 0.124. The van der Waals surface area contributed by atoms with Crippen molar-refractivity contribution in [2.45, 2.75) is 19.4 Å². The Labute approximate surface area is 86.5 Å². The lowest BCUT2D eigenvalue weighted by Crippen LogP contribution is -2.05. The SMILES string of the molecule is CC(C=O)c1c(CO)cccc1[N+](=O)[O-]. The van der Waals surface area contributed by atoms with Gasteiger partial charge in [-0.05, 0) is 5.56 Å².